The molecule has 0 saturated carbocycles. The molecule has 0 atom stereocenters. The van der Waals surface area contributed by atoms with Crippen LogP contribution in [0.5, 0.6) is 11.5 Å². The smallest absolute Gasteiger partial charge is 0.247 e. The van der Waals surface area contributed by atoms with Crippen LogP contribution >= 0.6 is 0 Å². The molecule has 2 aromatic heterocycles. The molecule has 0 unspecified atom stereocenters. The lowest BCUT2D eigenvalue weighted by molar-refractivity contribution is 0.435. The van der Waals surface area contributed by atoms with Crippen molar-refractivity contribution in [2.45, 2.75) is 189 Å². The molecule has 5 heterocycles. The van der Waals surface area contributed by atoms with Crippen LogP contribution in [-0.2, 0) is 43.3 Å². The molecule has 0 amide bonds. The zero-order valence-electron chi connectivity index (χ0n) is 69.7. The van der Waals surface area contributed by atoms with E-state index in [1.807, 2.05) is 0 Å². The maximum Gasteiger partial charge on any atom is 0.247 e. The summed E-state index contributed by atoms with van der Waals surface area (Å²) in [4.78, 5) is 2.77. The Morgan fingerprint density at radius 1 is 0.268 bits per heavy atom. The number of fused-ring (bicyclic) bond motifs is 16. The van der Waals surface area contributed by atoms with Crippen molar-refractivity contribution in [2.75, 3.05) is 4.90 Å². The van der Waals surface area contributed by atoms with Gasteiger partial charge in [0.05, 0.1) is 33.2 Å². The Bertz CT molecular complexity index is 6100. The van der Waals surface area contributed by atoms with Crippen LogP contribution in [0.4, 0.5) is 17.1 Å². The third-order valence-corrected chi connectivity index (χ3v) is 25.1. The summed E-state index contributed by atoms with van der Waals surface area (Å²) in [5, 5.41) is 5.01. The van der Waals surface area contributed by atoms with E-state index < -0.39 is 5.41 Å². The molecule has 3 aliphatic heterocycles. The first-order valence-electron chi connectivity index (χ1n) is 40.7. The topological polar surface area (TPSA) is 22.3 Å². The second-order valence-electron chi connectivity index (χ2n) is 39.9. The maximum absolute atomic E-state index is 7.43. The Morgan fingerprint density at radius 2 is 0.652 bits per heavy atom. The fourth-order valence-corrected chi connectivity index (χ4v) is 18.7. The van der Waals surface area contributed by atoms with Crippen LogP contribution in [0.15, 0.2) is 261 Å². The minimum atomic E-state index is -0.997. The molecule has 0 bridgehead atoms. The number of rotatable bonds is 6. The van der Waals surface area contributed by atoms with Crippen LogP contribution in [-0.4, -0.2) is 15.8 Å². The Labute approximate surface area is 665 Å². The highest BCUT2D eigenvalue weighted by atomic mass is 16.5. The number of ether oxygens (including phenoxy) is 1. The molecule has 0 saturated heterocycles. The van der Waals surface area contributed by atoms with Crippen LogP contribution in [0.1, 0.15) is 207 Å². The quantitative estimate of drug-likeness (QED) is 0.155. The zero-order chi connectivity index (χ0) is 78.6. The molecule has 0 fully saturated rings. The predicted molar refractivity (Wildman–Crippen MR) is 480 cm³/mol. The lowest BCUT2D eigenvalue weighted by Crippen LogP contribution is -2.65. The van der Waals surface area contributed by atoms with Crippen molar-refractivity contribution in [3.05, 3.63) is 322 Å². The lowest BCUT2D eigenvalue weighted by Gasteiger charge is -2.50. The monoisotopic (exact) mass is 1460 g/mol. The Morgan fingerprint density at radius 3 is 1.08 bits per heavy atom. The van der Waals surface area contributed by atoms with Gasteiger partial charge in [-0.25, -0.2) is 0 Å². The molecule has 13 aromatic carbocycles. The van der Waals surface area contributed by atoms with Gasteiger partial charge in [-0.2, -0.15) is 0 Å². The highest BCUT2D eigenvalue weighted by molar-refractivity contribution is 6.99. The average Bonchev–Trinajstić information content (AvgIpc) is 0.828. The van der Waals surface area contributed by atoms with Crippen molar-refractivity contribution < 1.29 is 4.74 Å². The van der Waals surface area contributed by atoms with Crippen LogP contribution in [0.2, 0.25) is 0 Å². The first-order chi connectivity index (χ1) is 52.9. The van der Waals surface area contributed by atoms with Gasteiger partial charge in [-0.3, -0.25) is 0 Å². The number of benzene rings is 13. The van der Waals surface area contributed by atoms with Crippen LogP contribution in [0.25, 0.3) is 88.4 Å². The van der Waals surface area contributed by atoms with Gasteiger partial charge in [0.1, 0.15) is 11.5 Å². The minimum Gasteiger partial charge on any atom is -0.457 e. The summed E-state index contributed by atoms with van der Waals surface area (Å²) in [7, 11) is 0. The van der Waals surface area contributed by atoms with Crippen molar-refractivity contribution in [3.8, 4) is 56.3 Å². The van der Waals surface area contributed by atoms with Crippen molar-refractivity contribution in [2.24, 2.45) is 0 Å². The average molecular weight is 1460 g/mol. The van der Waals surface area contributed by atoms with Crippen LogP contribution in [0.3, 0.4) is 0 Å². The summed E-state index contributed by atoms with van der Waals surface area (Å²) in [5.74, 6) is 1.69. The fraction of sp³-hybridized carbons (Fsp3) is 0.271. The van der Waals surface area contributed by atoms with Gasteiger partial charge in [0.25, 0.3) is 0 Å². The number of para-hydroxylation sites is 2. The molecule has 3 aliphatic rings. The van der Waals surface area contributed by atoms with Gasteiger partial charge in [0, 0.05) is 66.5 Å². The second-order valence-corrected chi connectivity index (χ2v) is 39.9. The van der Waals surface area contributed by atoms with E-state index in [1.54, 1.807) is 0 Å². The van der Waals surface area contributed by atoms with E-state index in [1.165, 1.54) is 121 Å². The molecular formula is C107H106BN3O. The summed E-state index contributed by atoms with van der Waals surface area (Å²) < 4.78 is 12.6. The van der Waals surface area contributed by atoms with Gasteiger partial charge >= 0.3 is 0 Å². The summed E-state index contributed by atoms with van der Waals surface area (Å²) >= 11 is 0. The molecule has 0 radical (unpaired) electrons. The van der Waals surface area contributed by atoms with Crippen molar-refractivity contribution >= 4 is 83.8 Å². The third kappa shape index (κ3) is 11.6. The summed E-state index contributed by atoms with van der Waals surface area (Å²) in [5.41, 5.74) is 33.1. The molecule has 4 nitrogen and oxygen atoms in total. The maximum atomic E-state index is 7.43. The van der Waals surface area contributed by atoms with E-state index in [0.29, 0.717) is 0 Å². The molecule has 0 aliphatic carbocycles. The minimum absolute atomic E-state index is 0.0675. The summed E-state index contributed by atoms with van der Waals surface area (Å²) in [6.45, 7) is 49.1. The van der Waals surface area contributed by atoms with Gasteiger partial charge in [0.15, 0.2) is 0 Å². The molecular weight excluding hydrogens is 1350 g/mol. The van der Waals surface area contributed by atoms with Crippen LogP contribution < -0.4 is 26.0 Å². The molecule has 558 valence electrons. The summed E-state index contributed by atoms with van der Waals surface area (Å²) in [6.07, 6.45) is 0. The van der Waals surface area contributed by atoms with E-state index in [0.717, 1.165) is 73.2 Å². The van der Waals surface area contributed by atoms with Gasteiger partial charge in [-0.05, 0) is 224 Å². The molecule has 1 spiro atoms. The van der Waals surface area contributed by atoms with Gasteiger partial charge < -0.3 is 18.8 Å². The van der Waals surface area contributed by atoms with E-state index >= 15 is 0 Å². The Hall–Kier alpha value is -10.9. The largest absolute Gasteiger partial charge is 0.457 e. The van der Waals surface area contributed by atoms with E-state index in [-0.39, 0.29) is 44.6 Å². The molecule has 0 N–H and O–H groups in total. The third-order valence-electron chi connectivity index (χ3n) is 25.1. The molecule has 18 rings (SSSR count). The van der Waals surface area contributed by atoms with E-state index in [2.05, 4.69) is 420 Å². The molecule has 15 aromatic rings. The summed E-state index contributed by atoms with van der Waals surface area (Å²) in [6, 6.07) is 103. The fourth-order valence-electron chi connectivity index (χ4n) is 18.7. The highest BCUT2D eigenvalue weighted by Crippen LogP contribution is 2.60. The number of hydrogen-bond acceptors (Lipinski definition) is 2. The van der Waals surface area contributed by atoms with Crippen molar-refractivity contribution in [1.29, 1.82) is 0 Å². The molecule has 5 heteroatoms. The number of aromatic nitrogens is 2. The Kier molecular flexibility index (Phi) is 16.3. The Balaban J connectivity index is 1.07. The van der Waals surface area contributed by atoms with Gasteiger partial charge in [0.2, 0.25) is 6.71 Å². The highest BCUT2D eigenvalue weighted by Gasteiger charge is 2.56. The zero-order valence-corrected chi connectivity index (χ0v) is 69.7. The van der Waals surface area contributed by atoms with Crippen molar-refractivity contribution in [3.63, 3.8) is 0 Å². The lowest BCUT2D eigenvalue weighted by atomic mass is 9.29. The van der Waals surface area contributed by atoms with Gasteiger partial charge in [-0.1, -0.05) is 309 Å². The first-order valence-corrected chi connectivity index (χ1v) is 40.7. The normalized spacial score (nSPS) is 14.2. The number of nitrogens with zero attached hydrogens (tertiary/aromatic N) is 3. The number of anilines is 3. The second kappa shape index (κ2) is 25.1. The van der Waals surface area contributed by atoms with E-state index in [9.17, 15) is 0 Å². The van der Waals surface area contributed by atoms with Crippen LogP contribution in [0, 0.1) is 0 Å². The SMILES string of the molecule is CC(C)(C)c1cc(-c2ccc3c(c2)N(c2c(-c4ccccc4)cc(C(C)(C)C)cc2-c2ccccc2)c2cc(-n4c5ccc(C(C)(C)C)cc5c5cc(C(C)(C)C)ccc54)cc4c2B3c2ccc(-n3c5ccc(C(C)(C)C)cc5c5cc(C(C)(C)C)ccc53)cc2C42c3ccccc3Oc3ccccc32)cc(C(C)(C)C)c1. The number of hydrogen-bond donors (Lipinski definition) is 0. The van der Waals surface area contributed by atoms with Crippen molar-refractivity contribution in [1.82, 2.24) is 9.13 Å². The standard InChI is InChI=1S/C107H106BN3O/c1-100(2,3)69-41-48-90-80(56-69)81-57-70(101(4,5)6)42-49-91(81)109(90)76-45-47-88-86(62-76)107(84-36-28-30-38-96(84)112-97-39-31-29-37-85(97)107)87-63-77(110-92-50-43-71(102(7,8)9)58-82(92)83-59-72(103(10,11)12)44-51-93(83)110)64-95-98(87)108(88)89-46-40-67(68-52-73(104(13,14)15)55-74(53-68)105(16,17)18)54-94(89)111(95)99-78(65-32-24-22-25-33-65)60-75(106(19,20)21)61-79(99)66-34-26-23-27-35-66/h22-64H,1-21H3. The predicted octanol–water partition coefficient (Wildman–Crippen LogP) is 27.1. The first kappa shape index (κ1) is 72.7. The van der Waals surface area contributed by atoms with E-state index in [4.69, 9.17) is 4.74 Å². The molecule has 112 heavy (non-hydrogen) atoms. The van der Waals surface area contributed by atoms with Gasteiger partial charge in [-0.15, -0.1) is 0 Å².